The van der Waals surface area contributed by atoms with Crippen molar-refractivity contribution in [1.29, 1.82) is 0 Å². The van der Waals surface area contributed by atoms with Gasteiger partial charge in [0.2, 0.25) is 0 Å². The van der Waals surface area contributed by atoms with Crippen LogP contribution in [0.4, 0.5) is 11.4 Å². The van der Waals surface area contributed by atoms with Crippen molar-refractivity contribution in [2.45, 2.75) is 6.54 Å². The normalized spacial score (nSPS) is 10.2. The Balaban J connectivity index is 1.59. The van der Waals surface area contributed by atoms with Crippen LogP contribution >= 0.6 is 11.6 Å². The second-order valence-corrected chi connectivity index (χ2v) is 5.69. The number of nitrogens with one attached hydrogen (secondary N) is 2. The van der Waals surface area contributed by atoms with Gasteiger partial charge >= 0.3 is 0 Å². The zero-order chi connectivity index (χ0) is 16.8. The zero-order valence-electron chi connectivity index (χ0n) is 12.9. The van der Waals surface area contributed by atoms with Gasteiger partial charge in [0.25, 0.3) is 5.91 Å². The summed E-state index contributed by atoms with van der Waals surface area (Å²) >= 11 is 5.91. The van der Waals surface area contributed by atoms with E-state index in [1.54, 1.807) is 30.5 Å². The topological polar surface area (TPSA) is 54.0 Å². The molecule has 0 saturated heterocycles. The van der Waals surface area contributed by atoms with Gasteiger partial charge in [0, 0.05) is 40.9 Å². The Morgan fingerprint density at radius 2 is 1.79 bits per heavy atom. The average molecular weight is 338 g/mol. The number of pyridine rings is 1. The molecule has 4 nitrogen and oxygen atoms in total. The maximum absolute atomic E-state index is 12.2. The zero-order valence-corrected chi connectivity index (χ0v) is 13.6. The smallest absolute Gasteiger partial charge is 0.255 e. The van der Waals surface area contributed by atoms with E-state index in [0.29, 0.717) is 17.1 Å². The molecule has 0 atom stereocenters. The Morgan fingerprint density at radius 3 is 2.50 bits per heavy atom. The molecule has 1 heterocycles. The molecule has 3 aromatic rings. The van der Waals surface area contributed by atoms with Gasteiger partial charge in [-0.2, -0.15) is 0 Å². The fraction of sp³-hybridized carbons (Fsp3) is 0.0526. The Kier molecular flexibility index (Phi) is 5.08. The van der Waals surface area contributed by atoms with Crippen molar-refractivity contribution in [3.8, 4) is 0 Å². The summed E-state index contributed by atoms with van der Waals surface area (Å²) < 4.78 is 0. The average Bonchev–Trinajstić information content (AvgIpc) is 2.62. The van der Waals surface area contributed by atoms with Crippen LogP contribution in [0.25, 0.3) is 0 Å². The lowest BCUT2D eigenvalue weighted by molar-refractivity contribution is 0.102. The first-order valence-corrected chi connectivity index (χ1v) is 7.88. The highest BCUT2D eigenvalue weighted by molar-refractivity contribution is 6.31. The van der Waals surface area contributed by atoms with Gasteiger partial charge in [-0.05, 0) is 54.1 Å². The summed E-state index contributed by atoms with van der Waals surface area (Å²) in [7, 11) is 0. The maximum Gasteiger partial charge on any atom is 0.255 e. The lowest BCUT2D eigenvalue weighted by Crippen LogP contribution is -2.11. The van der Waals surface area contributed by atoms with E-state index >= 15 is 0 Å². The molecule has 0 unspecified atom stereocenters. The van der Waals surface area contributed by atoms with Gasteiger partial charge in [-0.1, -0.05) is 23.7 Å². The summed E-state index contributed by atoms with van der Waals surface area (Å²) in [5.74, 6) is -0.187. The molecule has 1 aromatic heterocycles. The fourth-order valence-corrected chi connectivity index (χ4v) is 2.40. The number of hydrogen-bond acceptors (Lipinski definition) is 3. The third-order valence-corrected chi connectivity index (χ3v) is 3.68. The third-order valence-electron chi connectivity index (χ3n) is 3.45. The molecular weight excluding hydrogens is 322 g/mol. The second-order valence-electron chi connectivity index (χ2n) is 5.26. The second kappa shape index (κ2) is 7.62. The Labute approximate surface area is 145 Å². The van der Waals surface area contributed by atoms with Gasteiger partial charge in [0.15, 0.2) is 0 Å². The number of aromatic nitrogens is 1. The van der Waals surface area contributed by atoms with Gasteiger partial charge in [0.05, 0.1) is 0 Å². The van der Waals surface area contributed by atoms with Gasteiger partial charge in [-0.25, -0.2) is 0 Å². The number of hydrogen-bond donors (Lipinski definition) is 2. The third kappa shape index (κ3) is 4.33. The van der Waals surface area contributed by atoms with Crippen LogP contribution in [0.3, 0.4) is 0 Å². The summed E-state index contributed by atoms with van der Waals surface area (Å²) in [6.07, 6.45) is 3.58. The van der Waals surface area contributed by atoms with E-state index in [1.165, 1.54) is 0 Å². The molecule has 0 radical (unpaired) electrons. The lowest BCUT2D eigenvalue weighted by atomic mass is 10.2. The number of anilines is 2. The molecule has 0 aliphatic heterocycles. The molecule has 0 saturated carbocycles. The minimum absolute atomic E-state index is 0.187. The van der Waals surface area contributed by atoms with Crippen molar-refractivity contribution in [2.75, 3.05) is 10.6 Å². The van der Waals surface area contributed by atoms with Crippen molar-refractivity contribution >= 4 is 28.9 Å². The van der Waals surface area contributed by atoms with E-state index in [1.807, 2.05) is 42.6 Å². The minimum atomic E-state index is -0.187. The summed E-state index contributed by atoms with van der Waals surface area (Å²) in [6, 6.07) is 18.3. The van der Waals surface area contributed by atoms with E-state index in [-0.39, 0.29) is 5.91 Å². The molecule has 2 N–H and O–H groups in total. The number of carbonyl (C=O) groups excluding carboxylic acids is 1. The van der Waals surface area contributed by atoms with Gasteiger partial charge in [0.1, 0.15) is 0 Å². The standard InChI is InChI=1S/C19H16ClN3O/c20-16-5-1-4-15(11-16)19(24)23-18-8-6-17(7-9-18)22-13-14-3-2-10-21-12-14/h1-12,22H,13H2,(H,23,24). The first-order chi connectivity index (χ1) is 11.7. The number of amides is 1. The molecular formula is C19H16ClN3O. The Hall–Kier alpha value is -2.85. The highest BCUT2D eigenvalue weighted by Crippen LogP contribution is 2.17. The van der Waals surface area contributed by atoms with Crippen molar-refractivity contribution in [3.05, 3.63) is 89.2 Å². The van der Waals surface area contributed by atoms with Crippen LogP contribution in [0.15, 0.2) is 73.1 Å². The monoisotopic (exact) mass is 337 g/mol. The molecule has 0 spiro atoms. The largest absolute Gasteiger partial charge is 0.381 e. The van der Waals surface area contributed by atoms with Gasteiger partial charge < -0.3 is 10.6 Å². The first-order valence-electron chi connectivity index (χ1n) is 7.50. The van der Waals surface area contributed by atoms with Crippen LogP contribution in [-0.4, -0.2) is 10.9 Å². The van der Waals surface area contributed by atoms with E-state index in [9.17, 15) is 4.79 Å². The Bertz CT molecular complexity index is 820. The lowest BCUT2D eigenvalue weighted by Gasteiger charge is -2.09. The van der Waals surface area contributed by atoms with Crippen LogP contribution in [0.2, 0.25) is 5.02 Å². The molecule has 0 fully saturated rings. The predicted molar refractivity (Wildman–Crippen MR) is 97.4 cm³/mol. The van der Waals surface area contributed by atoms with Crippen LogP contribution in [0.1, 0.15) is 15.9 Å². The van der Waals surface area contributed by atoms with Crippen molar-refractivity contribution in [1.82, 2.24) is 4.98 Å². The number of benzene rings is 2. The fourth-order valence-electron chi connectivity index (χ4n) is 2.21. The van der Waals surface area contributed by atoms with E-state index in [2.05, 4.69) is 15.6 Å². The number of halogens is 1. The number of nitrogens with zero attached hydrogens (tertiary/aromatic N) is 1. The van der Waals surface area contributed by atoms with Crippen LogP contribution in [0.5, 0.6) is 0 Å². The van der Waals surface area contributed by atoms with Crippen LogP contribution in [0, 0.1) is 0 Å². The highest BCUT2D eigenvalue weighted by Gasteiger charge is 2.06. The van der Waals surface area contributed by atoms with Crippen molar-refractivity contribution in [3.63, 3.8) is 0 Å². The predicted octanol–water partition coefficient (Wildman–Crippen LogP) is 4.60. The summed E-state index contributed by atoms with van der Waals surface area (Å²) in [6.45, 7) is 0.696. The highest BCUT2D eigenvalue weighted by atomic mass is 35.5. The van der Waals surface area contributed by atoms with Crippen LogP contribution in [-0.2, 0) is 6.54 Å². The van der Waals surface area contributed by atoms with Crippen molar-refractivity contribution < 1.29 is 4.79 Å². The van der Waals surface area contributed by atoms with Crippen LogP contribution < -0.4 is 10.6 Å². The SMILES string of the molecule is O=C(Nc1ccc(NCc2cccnc2)cc1)c1cccc(Cl)c1. The maximum atomic E-state index is 12.2. The molecule has 2 aromatic carbocycles. The van der Waals surface area contributed by atoms with Crippen molar-refractivity contribution in [2.24, 2.45) is 0 Å². The van der Waals surface area contributed by atoms with Gasteiger partial charge in [-0.3, -0.25) is 9.78 Å². The summed E-state index contributed by atoms with van der Waals surface area (Å²) in [5.41, 5.74) is 3.34. The molecule has 5 heteroatoms. The molecule has 0 aliphatic rings. The number of rotatable bonds is 5. The first kappa shape index (κ1) is 16.0. The quantitative estimate of drug-likeness (QED) is 0.715. The van der Waals surface area contributed by atoms with E-state index in [0.717, 1.165) is 16.9 Å². The molecule has 0 bridgehead atoms. The van der Waals surface area contributed by atoms with E-state index in [4.69, 9.17) is 11.6 Å². The van der Waals surface area contributed by atoms with Gasteiger partial charge in [-0.15, -0.1) is 0 Å². The minimum Gasteiger partial charge on any atom is -0.381 e. The molecule has 1 amide bonds. The summed E-state index contributed by atoms with van der Waals surface area (Å²) in [5, 5.41) is 6.70. The number of carbonyl (C=O) groups is 1. The molecule has 120 valence electrons. The molecule has 0 aliphatic carbocycles. The molecule has 24 heavy (non-hydrogen) atoms. The van der Waals surface area contributed by atoms with E-state index < -0.39 is 0 Å². The molecule has 3 rings (SSSR count). The summed E-state index contributed by atoms with van der Waals surface area (Å²) in [4.78, 5) is 16.3. The Morgan fingerprint density at radius 1 is 1.00 bits per heavy atom.